The Balaban J connectivity index is 1.63. The molecule has 14 heteroatoms. The summed E-state index contributed by atoms with van der Waals surface area (Å²) in [6.07, 6.45) is -0.0504. The van der Waals surface area contributed by atoms with Crippen LogP contribution < -0.4 is 20.1 Å². The molecule has 0 saturated carbocycles. The molecule has 4 rings (SSSR count). The molecule has 0 radical (unpaired) electrons. The highest BCUT2D eigenvalue weighted by atomic mass is 32.2. The van der Waals surface area contributed by atoms with E-state index in [0.717, 1.165) is 31.0 Å². The van der Waals surface area contributed by atoms with E-state index in [1.54, 1.807) is 24.0 Å². The first kappa shape index (κ1) is 38.7. The van der Waals surface area contributed by atoms with Crippen LogP contribution in [0.2, 0.25) is 0 Å². The topological polar surface area (TPSA) is 138 Å². The quantitative estimate of drug-likeness (QED) is 0.216. The summed E-state index contributed by atoms with van der Waals surface area (Å²) in [6, 6.07) is 9.98. The second kappa shape index (κ2) is 17.2. The number of sulfonamides is 1. The smallest absolute Gasteiger partial charge is 0.253 e. The Kier molecular flexibility index (Phi) is 13.3. The number of carbonyl (C=O) groups is 2. The van der Waals surface area contributed by atoms with Crippen LogP contribution in [0.15, 0.2) is 59.5 Å². The number of aryl methyl sites for hydroxylation is 1. The highest BCUT2D eigenvalue weighted by molar-refractivity contribution is 7.89. The molecule has 1 heterocycles. The number of piperazine rings is 1. The van der Waals surface area contributed by atoms with Crippen LogP contribution in [0.5, 0.6) is 11.5 Å². The first-order valence-electron chi connectivity index (χ1n) is 16.6. The Labute approximate surface area is 292 Å². The predicted octanol–water partition coefficient (Wildman–Crippen LogP) is 3.92. The van der Waals surface area contributed by atoms with Crippen LogP contribution in [0.4, 0.5) is 8.78 Å². The molecule has 50 heavy (non-hydrogen) atoms. The zero-order chi connectivity index (χ0) is 36.6. The van der Waals surface area contributed by atoms with Gasteiger partial charge < -0.3 is 30.1 Å². The second-order valence-corrected chi connectivity index (χ2v) is 14.3. The van der Waals surface area contributed by atoms with Crippen molar-refractivity contribution in [2.45, 2.75) is 63.1 Å². The first-order valence-corrected chi connectivity index (χ1v) is 18.1. The molecule has 2 unspecified atom stereocenters. The van der Waals surface area contributed by atoms with E-state index < -0.39 is 45.8 Å². The summed E-state index contributed by atoms with van der Waals surface area (Å²) in [5, 5.41) is 17.7. The fraction of sp³-hybridized carbons (Fsp3) is 0.444. The summed E-state index contributed by atoms with van der Waals surface area (Å²) in [7, 11) is -1.22. The number of nitrogens with one attached hydrogen (secondary N) is 2. The van der Waals surface area contributed by atoms with Gasteiger partial charge in [-0.05, 0) is 79.8 Å². The van der Waals surface area contributed by atoms with Crippen LogP contribution in [0.25, 0.3) is 0 Å². The molecule has 3 aromatic carbocycles. The average Bonchev–Trinajstić information content (AvgIpc) is 3.09. The molecule has 272 valence electrons. The van der Waals surface area contributed by atoms with Gasteiger partial charge in [0.2, 0.25) is 10.0 Å². The van der Waals surface area contributed by atoms with Gasteiger partial charge in [-0.2, -0.15) is 4.31 Å². The van der Waals surface area contributed by atoms with Crippen molar-refractivity contribution in [1.29, 1.82) is 0 Å². The number of benzene rings is 3. The third-order valence-corrected chi connectivity index (χ3v) is 10.4. The zero-order valence-corrected chi connectivity index (χ0v) is 29.9. The Bertz CT molecular complexity index is 1750. The standard InChI is InChI=1S/C36H46F2N4O7S/c1-6-11-41(12-7-2)36(45)26-15-23(3)14-25(19-26)35(44)40-30(18-24-16-27(37)20-28(38)17-24)34(43)31-22-42(13-10-39-31)50(46,47)29-8-9-32(48-4)33(21-29)49-5/h8-9,14-17,19-21,30-31,34,39,43H,6-7,10-13,18,22H2,1-5H3,(H,40,44)/t30?,31?,34-/m0/s1. The maximum atomic E-state index is 14.2. The number of hydrogen-bond donors (Lipinski definition) is 3. The molecule has 1 fully saturated rings. The van der Waals surface area contributed by atoms with Crippen molar-refractivity contribution >= 4 is 21.8 Å². The monoisotopic (exact) mass is 716 g/mol. The number of rotatable bonds is 15. The summed E-state index contributed by atoms with van der Waals surface area (Å²) < 4.78 is 67.6. The Morgan fingerprint density at radius 1 is 0.980 bits per heavy atom. The summed E-state index contributed by atoms with van der Waals surface area (Å²) in [6.45, 7) is 6.95. The van der Waals surface area contributed by atoms with Crippen molar-refractivity contribution in [2.24, 2.45) is 0 Å². The zero-order valence-electron chi connectivity index (χ0n) is 29.0. The van der Waals surface area contributed by atoms with Crippen molar-refractivity contribution in [3.05, 3.63) is 88.5 Å². The number of aliphatic hydroxyl groups is 1. The third-order valence-electron chi connectivity index (χ3n) is 8.54. The van der Waals surface area contributed by atoms with Gasteiger partial charge in [-0.1, -0.05) is 13.8 Å². The van der Waals surface area contributed by atoms with E-state index in [4.69, 9.17) is 9.47 Å². The van der Waals surface area contributed by atoms with E-state index in [2.05, 4.69) is 10.6 Å². The van der Waals surface area contributed by atoms with Crippen LogP contribution in [-0.2, 0) is 16.4 Å². The minimum Gasteiger partial charge on any atom is -0.493 e. The highest BCUT2D eigenvalue weighted by Gasteiger charge is 2.37. The number of halogens is 2. The molecule has 3 atom stereocenters. The van der Waals surface area contributed by atoms with E-state index in [0.29, 0.717) is 30.0 Å². The lowest BCUT2D eigenvalue weighted by Gasteiger charge is -2.38. The molecule has 3 aromatic rings. The molecule has 0 aliphatic carbocycles. The maximum Gasteiger partial charge on any atom is 0.253 e. The molecule has 0 aromatic heterocycles. The van der Waals surface area contributed by atoms with Crippen LogP contribution in [0, 0.1) is 18.6 Å². The van der Waals surface area contributed by atoms with Gasteiger partial charge in [-0.15, -0.1) is 0 Å². The van der Waals surface area contributed by atoms with Crippen molar-refractivity contribution in [2.75, 3.05) is 46.9 Å². The minimum atomic E-state index is -4.06. The van der Waals surface area contributed by atoms with Gasteiger partial charge in [0.05, 0.1) is 31.3 Å². The van der Waals surface area contributed by atoms with Crippen LogP contribution in [0.3, 0.4) is 0 Å². The summed E-state index contributed by atoms with van der Waals surface area (Å²) in [5.41, 5.74) is 1.35. The Morgan fingerprint density at radius 2 is 1.62 bits per heavy atom. The molecular formula is C36H46F2N4O7S. The van der Waals surface area contributed by atoms with E-state index in [-0.39, 0.29) is 53.7 Å². The lowest BCUT2D eigenvalue weighted by atomic mass is 9.94. The van der Waals surface area contributed by atoms with E-state index in [9.17, 15) is 31.9 Å². The van der Waals surface area contributed by atoms with Gasteiger partial charge in [0.25, 0.3) is 11.8 Å². The SMILES string of the molecule is CCCN(CCC)C(=O)c1cc(C)cc(C(=O)NC(Cc2cc(F)cc(F)c2)[C@H](O)C2CN(S(=O)(=O)c3ccc(OC)c(OC)c3)CCN2)c1. The largest absolute Gasteiger partial charge is 0.493 e. The molecule has 1 saturated heterocycles. The van der Waals surface area contributed by atoms with E-state index >= 15 is 0 Å². The number of nitrogens with zero attached hydrogens (tertiary/aromatic N) is 2. The fourth-order valence-corrected chi connectivity index (χ4v) is 7.65. The van der Waals surface area contributed by atoms with Crippen LogP contribution >= 0.6 is 0 Å². The fourth-order valence-electron chi connectivity index (χ4n) is 6.17. The number of ether oxygens (including phenoxy) is 2. The molecule has 3 N–H and O–H groups in total. The predicted molar refractivity (Wildman–Crippen MR) is 185 cm³/mol. The lowest BCUT2D eigenvalue weighted by Crippen LogP contribution is -2.62. The van der Waals surface area contributed by atoms with Gasteiger partial charge >= 0.3 is 0 Å². The van der Waals surface area contributed by atoms with Crippen molar-refractivity contribution in [1.82, 2.24) is 19.8 Å². The van der Waals surface area contributed by atoms with Crippen molar-refractivity contribution in [3.63, 3.8) is 0 Å². The van der Waals surface area contributed by atoms with Crippen LogP contribution in [0.1, 0.15) is 58.5 Å². The number of methoxy groups -OCH3 is 2. The van der Waals surface area contributed by atoms with Gasteiger partial charge in [0.1, 0.15) is 11.6 Å². The first-order chi connectivity index (χ1) is 23.8. The van der Waals surface area contributed by atoms with Gasteiger partial charge in [-0.25, -0.2) is 17.2 Å². The molecular weight excluding hydrogens is 670 g/mol. The number of hydrogen-bond acceptors (Lipinski definition) is 8. The Morgan fingerprint density at radius 3 is 2.24 bits per heavy atom. The number of amides is 2. The number of aliphatic hydroxyl groups excluding tert-OH is 1. The maximum absolute atomic E-state index is 14.2. The highest BCUT2D eigenvalue weighted by Crippen LogP contribution is 2.31. The van der Waals surface area contributed by atoms with Crippen molar-refractivity contribution < 1.29 is 41.4 Å². The third kappa shape index (κ3) is 9.36. The molecule has 11 nitrogen and oxygen atoms in total. The number of carbonyl (C=O) groups excluding carboxylic acids is 2. The average molecular weight is 717 g/mol. The molecule has 0 bridgehead atoms. The second-order valence-electron chi connectivity index (χ2n) is 12.4. The summed E-state index contributed by atoms with van der Waals surface area (Å²) in [5.74, 6) is -1.89. The van der Waals surface area contributed by atoms with Crippen LogP contribution in [-0.4, -0.2) is 99.7 Å². The van der Waals surface area contributed by atoms with E-state index in [1.807, 2.05) is 13.8 Å². The molecule has 2 amide bonds. The lowest BCUT2D eigenvalue weighted by molar-refractivity contribution is 0.0600. The van der Waals surface area contributed by atoms with Gasteiger partial charge in [0.15, 0.2) is 11.5 Å². The minimum absolute atomic E-state index is 0.0355. The van der Waals surface area contributed by atoms with Crippen molar-refractivity contribution in [3.8, 4) is 11.5 Å². The Hall–Kier alpha value is -4.11. The molecule has 0 spiro atoms. The summed E-state index contributed by atoms with van der Waals surface area (Å²) >= 11 is 0. The van der Waals surface area contributed by atoms with E-state index in [1.165, 1.54) is 42.8 Å². The molecule has 1 aliphatic heterocycles. The normalized spacial score (nSPS) is 16.4. The van der Waals surface area contributed by atoms with Gasteiger partial charge in [0, 0.05) is 62.0 Å². The van der Waals surface area contributed by atoms with Gasteiger partial charge in [-0.3, -0.25) is 9.59 Å². The molecule has 1 aliphatic rings. The summed E-state index contributed by atoms with van der Waals surface area (Å²) in [4.78, 5) is 28.9.